The van der Waals surface area contributed by atoms with E-state index in [4.69, 9.17) is 4.74 Å². The summed E-state index contributed by atoms with van der Waals surface area (Å²) in [4.78, 5) is 28.8. The van der Waals surface area contributed by atoms with E-state index in [1.807, 2.05) is 48.3 Å². The predicted octanol–water partition coefficient (Wildman–Crippen LogP) is 2.22. The fraction of sp³-hybridized carbons (Fsp3) is 0.333. The van der Waals surface area contributed by atoms with Gasteiger partial charge in [-0.15, -0.1) is 0 Å². The minimum atomic E-state index is -0.717. The van der Waals surface area contributed by atoms with E-state index in [1.165, 1.54) is 0 Å². The molecule has 0 spiro atoms. The Morgan fingerprint density at radius 2 is 1.85 bits per heavy atom. The number of nitrogens with zero attached hydrogens (tertiary/aromatic N) is 2. The van der Waals surface area contributed by atoms with Crippen LogP contribution in [0.25, 0.3) is 0 Å². The van der Waals surface area contributed by atoms with E-state index >= 15 is 0 Å². The van der Waals surface area contributed by atoms with E-state index in [0.717, 1.165) is 5.56 Å². The minimum absolute atomic E-state index is 0.0649. The fourth-order valence-corrected chi connectivity index (χ4v) is 3.19. The van der Waals surface area contributed by atoms with E-state index in [1.54, 1.807) is 18.0 Å². The zero-order valence-corrected chi connectivity index (χ0v) is 15.9. The van der Waals surface area contributed by atoms with Crippen molar-refractivity contribution in [3.8, 4) is 5.75 Å². The van der Waals surface area contributed by atoms with Crippen LogP contribution in [-0.2, 0) is 9.59 Å². The summed E-state index contributed by atoms with van der Waals surface area (Å²) in [5, 5.41) is 2.59. The highest BCUT2D eigenvalue weighted by atomic mass is 16.5. The number of para-hydroxylation sites is 2. The Hall–Kier alpha value is -2.86. The lowest BCUT2D eigenvalue weighted by Gasteiger charge is -2.35. The first-order valence-electron chi connectivity index (χ1n) is 9.04. The average Bonchev–Trinajstić information content (AvgIpc) is 2.72. The Labute approximate surface area is 159 Å². The summed E-state index contributed by atoms with van der Waals surface area (Å²) in [6.07, 6.45) is -0.717. The highest BCUT2D eigenvalue weighted by molar-refractivity contribution is 5.98. The molecule has 1 N–H and O–H groups in total. The van der Waals surface area contributed by atoms with E-state index in [0.29, 0.717) is 11.4 Å². The number of rotatable bonds is 5. The quantitative estimate of drug-likeness (QED) is 0.880. The Morgan fingerprint density at radius 3 is 2.56 bits per heavy atom. The van der Waals surface area contributed by atoms with E-state index in [-0.39, 0.29) is 30.9 Å². The van der Waals surface area contributed by atoms with Crippen molar-refractivity contribution in [2.75, 3.05) is 32.1 Å². The van der Waals surface area contributed by atoms with Crippen LogP contribution in [0.2, 0.25) is 0 Å². The van der Waals surface area contributed by atoms with Crippen LogP contribution in [0.3, 0.4) is 0 Å². The summed E-state index contributed by atoms with van der Waals surface area (Å²) in [6, 6.07) is 17.5. The maximum atomic E-state index is 13.1. The number of hydrogen-bond donors (Lipinski definition) is 1. The van der Waals surface area contributed by atoms with Crippen molar-refractivity contribution in [2.24, 2.45) is 0 Å². The molecule has 2 aromatic rings. The molecular formula is C21H25N3O3. The molecule has 1 aliphatic heterocycles. The van der Waals surface area contributed by atoms with Crippen molar-refractivity contribution in [1.29, 1.82) is 0 Å². The number of amides is 2. The van der Waals surface area contributed by atoms with Crippen LogP contribution in [-0.4, -0.2) is 50.0 Å². The molecule has 142 valence electrons. The van der Waals surface area contributed by atoms with E-state index in [9.17, 15) is 9.59 Å². The largest absolute Gasteiger partial charge is 0.477 e. The number of likely N-dealkylation sites (N-methyl/N-ethyl adjacent to an activating group) is 2. The molecule has 2 amide bonds. The smallest absolute Gasteiger partial charge is 0.262 e. The highest BCUT2D eigenvalue weighted by Crippen LogP contribution is 2.33. The first kappa shape index (κ1) is 18.9. The molecule has 0 aromatic heterocycles. The molecule has 0 radical (unpaired) electrons. The lowest BCUT2D eigenvalue weighted by Crippen LogP contribution is -2.52. The van der Waals surface area contributed by atoms with Crippen molar-refractivity contribution in [3.05, 3.63) is 60.2 Å². The minimum Gasteiger partial charge on any atom is -0.477 e. The van der Waals surface area contributed by atoms with E-state index in [2.05, 4.69) is 24.4 Å². The number of carbonyl (C=O) groups is 2. The summed E-state index contributed by atoms with van der Waals surface area (Å²) in [6.45, 7) is 2.51. The molecule has 0 fully saturated rings. The van der Waals surface area contributed by atoms with Gasteiger partial charge in [-0.2, -0.15) is 0 Å². The molecular weight excluding hydrogens is 342 g/mol. The number of benzene rings is 2. The normalized spacial score (nSPS) is 17.0. The van der Waals surface area contributed by atoms with Gasteiger partial charge in [-0.1, -0.05) is 42.5 Å². The summed E-state index contributed by atoms with van der Waals surface area (Å²) >= 11 is 0. The Morgan fingerprint density at radius 1 is 1.19 bits per heavy atom. The van der Waals surface area contributed by atoms with Crippen LogP contribution in [0.1, 0.15) is 18.5 Å². The monoisotopic (exact) mass is 367 g/mol. The molecule has 3 rings (SSSR count). The second-order valence-corrected chi connectivity index (χ2v) is 6.69. The first-order chi connectivity index (χ1) is 13.0. The molecule has 1 heterocycles. The van der Waals surface area contributed by atoms with Crippen molar-refractivity contribution < 1.29 is 14.3 Å². The topological polar surface area (TPSA) is 61.9 Å². The highest BCUT2D eigenvalue weighted by Gasteiger charge is 2.33. The Kier molecular flexibility index (Phi) is 5.76. The third-order valence-electron chi connectivity index (χ3n) is 4.94. The molecule has 0 saturated carbocycles. The summed E-state index contributed by atoms with van der Waals surface area (Å²) < 4.78 is 5.77. The lowest BCUT2D eigenvalue weighted by molar-refractivity contribution is -0.128. The molecule has 2 atom stereocenters. The second-order valence-electron chi connectivity index (χ2n) is 6.69. The second kappa shape index (κ2) is 8.22. The Bertz CT molecular complexity index is 809. The third kappa shape index (κ3) is 4.11. The van der Waals surface area contributed by atoms with Crippen LogP contribution in [0.5, 0.6) is 5.75 Å². The van der Waals surface area contributed by atoms with Crippen molar-refractivity contribution in [1.82, 2.24) is 10.2 Å². The van der Waals surface area contributed by atoms with Gasteiger partial charge in [0.2, 0.25) is 5.91 Å². The van der Waals surface area contributed by atoms with Crippen LogP contribution in [0.15, 0.2) is 54.6 Å². The number of anilines is 1. The molecule has 0 saturated heterocycles. The first-order valence-corrected chi connectivity index (χ1v) is 9.04. The van der Waals surface area contributed by atoms with Gasteiger partial charge in [-0.25, -0.2) is 0 Å². The SMILES string of the molecule is CNC(=O)[C@H]1CN(C(=O)CN(C)[C@@H](C)c2ccccc2)c2ccccc2O1. The van der Waals surface area contributed by atoms with Gasteiger partial charge >= 0.3 is 0 Å². The van der Waals surface area contributed by atoms with Gasteiger partial charge < -0.3 is 15.0 Å². The third-order valence-corrected chi connectivity index (χ3v) is 4.94. The molecule has 6 heteroatoms. The van der Waals surface area contributed by atoms with E-state index < -0.39 is 6.10 Å². The van der Waals surface area contributed by atoms with Gasteiger partial charge in [-0.05, 0) is 31.7 Å². The molecule has 0 aliphatic carbocycles. The number of ether oxygens (including phenoxy) is 1. The molecule has 6 nitrogen and oxygen atoms in total. The van der Waals surface area contributed by atoms with Gasteiger partial charge in [0.1, 0.15) is 5.75 Å². The average molecular weight is 367 g/mol. The molecule has 0 bridgehead atoms. The van der Waals surface area contributed by atoms with Crippen molar-refractivity contribution in [3.63, 3.8) is 0 Å². The fourth-order valence-electron chi connectivity index (χ4n) is 3.19. The summed E-state index contributed by atoms with van der Waals surface area (Å²) in [5.41, 5.74) is 1.85. The van der Waals surface area contributed by atoms with Gasteiger partial charge in [-0.3, -0.25) is 14.5 Å². The maximum absolute atomic E-state index is 13.1. The molecule has 2 aromatic carbocycles. The van der Waals surface area contributed by atoms with Crippen LogP contribution in [0, 0.1) is 0 Å². The maximum Gasteiger partial charge on any atom is 0.262 e. The predicted molar refractivity (Wildman–Crippen MR) is 105 cm³/mol. The van der Waals surface area contributed by atoms with Crippen molar-refractivity contribution in [2.45, 2.75) is 19.1 Å². The molecule has 27 heavy (non-hydrogen) atoms. The van der Waals surface area contributed by atoms with Crippen LogP contribution < -0.4 is 15.0 Å². The summed E-state index contributed by atoms with van der Waals surface area (Å²) in [5.74, 6) is 0.239. The number of nitrogens with one attached hydrogen (secondary N) is 1. The standard InChI is InChI=1S/C21H25N3O3/c1-15(16-9-5-4-6-10-16)23(3)14-20(25)24-13-19(21(26)22-2)27-18-12-8-7-11-17(18)24/h4-12,15,19H,13-14H2,1-3H3,(H,22,26)/t15-,19+/m0/s1. The lowest BCUT2D eigenvalue weighted by atomic mass is 10.1. The van der Waals surface area contributed by atoms with Gasteiger partial charge in [0.15, 0.2) is 6.10 Å². The molecule has 1 aliphatic rings. The zero-order chi connectivity index (χ0) is 19.4. The van der Waals surface area contributed by atoms with Gasteiger partial charge in [0, 0.05) is 13.1 Å². The Balaban J connectivity index is 1.77. The van der Waals surface area contributed by atoms with Gasteiger partial charge in [0.25, 0.3) is 5.91 Å². The van der Waals surface area contributed by atoms with Crippen LogP contribution in [0.4, 0.5) is 5.69 Å². The van der Waals surface area contributed by atoms with Crippen molar-refractivity contribution >= 4 is 17.5 Å². The summed E-state index contributed by atoms with van der Waals surface area (Å²) in [7, 11) is 3.49. The number of carbonyl (C=O) groups excluding carboxylic acids is 2. The zero-order valence-electron chi connectivity index (χ0n) is 15.9. The number of fused-ring (bicyclic) bond motifs is 1. The molecule has 0 unspecified atom stereocenters. The number of hydrogen-bond acceptors (Lipinski definition) is 4. The van der Waals surface area contributed by atoms with Gasteiger partial charge in [0.05, 0.1) is 18.8 Å². The van der Waals surface area contributed by atoms with Crippen LogP contribution >= 0.6 is 0 Å².